The molecule has 0 aliphatic heterocycles. The van der Waals surface area contributed by atoms with Gasteiger partial charge < -0.3 is 10.2 Å². The first-order valence-electron chi connectivity index (χ1n) is 8.28. The quantitative estimate of drug-likeness (QED) is 0.778. The van der Waals surface area contributed by atoms with E-state index in [1.807, 2.05) is 10.3 Å². The van der Waals surface area contributed by atoms with E-state index < -0.39 is 0 Å². The molecule has 130 valence electrons. The van der Waals surface area contributed by atoms with Crippen molar-refractivity contribution in [3.8, 4) is 0 Å². The van der Waals surface area contributed by atoms with Crippen molar-refractivity contribution in [3.63, 3.8) is 0 Å². The van der Waals surface area contributed by atoms with Crippen molar-refractivity contribution in [1.82, 2.24) is 10.2 Å². The molecule has 1 aromatic carbocycles. The maximum absolute atomic E-state index is 13.1. The van der Waals surface area contributed by atoms with Gasteiger partial charge in [0.05, 0.1) is 13.1 Å². The summed E-state index contributed by atoms with van der Waals surface area (Å²) in [5.74, 6) is -0.198. The number of amides is 1. The van der Waals surface area contributed by atoms with Crippen LogP contribution in [-0.2, 0) is 17.9 Å². The molecule has 1 aromatic heterocycles. The van der Waals surface area contributed by atoms with Crippen LogP contribution in [0.1, 0.15) is 36.3 Å². The third-order valence-corrected chi connectivity index (χ3v) is 5.16. The molecule has 0 spiro atoms. The summed E-state index contributed by atoms with van der Waals surface area (Å²) >= 11 is 1.66. The highest BCUT2D eigenvalue weighted by Gasteiger charge is 2.17. The lowest BCUT2D eigenvalue weighted by Gasteiger charge is -2.24. The largest absolute Gasteiger partial charge is 0.332 e. The van der Waals surface area contributed by atoms with Crippen LogP contribution in [0, 0.1) is 12.7 Å². The fraction of sp³-hybridized carbons (Fsp3) is 0.421. The molecule has 5 heteroatoms. The topological polar surface area (TPSA) is 32.3 Å². The van der Waals surface area contributed by atoms with Gasteiger partial charge in [-0.1, -0.05) is 19.1 Å². The van der Waals surface area contributed by atoms with Gasteiger partial charge in [0.2, 0.25) is 5.91 Å². The number of aryl methyl sites for hydroxylation is 1. The highest BCUT2D eigenvalue weighted by atomic mass is 32.1. The van der Waals surface area contributed by atoms with E-state index in [4.69, 9.17) is 0 Å². The van der Waals surface area contributed by atoms with Crippen LogP contribution in [0.4, 0.5) is 4.39 Å². The van der Waals surface area contributed by atoms with E-state index in [0.29, 0.717) is 25.7 Å². The number of hydrogen-bond acceptors (Lipinski definition) is 3. The van der Waals surface area contributed by atoms with Crippen LogP contribution in [0.5, 0.6) is 0 Å². The molecule has 24 heavy (non-hydrogen) atoms. The lowest BCUT2D eigenvalue weighted by Crippen LogP contribution is -2.40. The molecule has 0 saturated heterocycles. The number of nitrogens with zero attached hydrogens (tertiary/aromatic N) is 1. The summed E-state index contributed by atoms with van der Waals surface area (Å²) in [5, 5.41) is 5.30. The molecule has 3 nitrogen and oxygen atoms in total. The second kappa shape index (κ2) is 8.94. The van der Waals surface area contributed by atoms with Gasteiger partial charge in [0.15, 0.2) is 0 Å². The van der Waals surface area contributed by atoms with Crippen molar-refractivity contribution >= 4 is 17.2 Å². The minimum Gasteiger partial charge on any atom is -0.332 e. The average Bonchev–Trinajstić information content (AvgIpc) is 2.98. The number of thiophene rings is 1. The van der Waals surface area contributed by atoms with Crippen LogP contribution in [0.2, 0.25) is 0 Å². The fourth-order valence-electron chi connectivity index (χ4n) is 2.30. The first kappa shape index (κ1) is 18.6. The molecule has 0 radical (unpaired) electrons. The summed E-state index contributed by atoms with van der Waals surface area (Å²) in [6, 6.07) is 8.72. The Hall–Kier alpha value is -1.72. The van der Waals surface area contributed by atoms with Gasteiger partial charge in [-0.3, -0.25) is 4.79 Å². The van der Waals surface area contributed by atoms with Crippen molar-refractivity contribution in [2.45, 2.75) is 46.3 Å². The van der Waals surface area contributed by atoms with Crippen molar-refractivity contribution in [1.29, 1.82) is 0 Å². The number of nitrogens with one attached hydrogen (secondary N) is 1. The predicted octanol–water partition coefficient (Wildman–Crippen LogP) is 4.11. The molecule has 2 aromatic rings. The molecule has 1 heterocycles. The summed E-state index contributed by atoms with van der Waals surface area (Å²) in [7, 11) is 0. The molecular formula is C19H25FN2OS. The SMILES string of the molecule is CCC(C)NCC(=O)N(Cc1ccc(F)cc1)Cc1sccc1C. The zero-order chi connectivity index (χ0) is 17.5. The Morgan fingerprint density at radius 2 is 1.96 bits per heavy atom. The summed E-state index contributed by atoms with van der Waals surface area (Å²) in [6.07, 6.45) is 0.981. The van der Waals surface area contributed by atoms with Crippen LogP contribution in [-0.4, -0.2) is 23.4 Å². The molecule has 0 aliphatic rings. The van der Waals surface area contributed by atoms with Gasteiger partial charge in [-0.2, -0.15) is 0 Å². The highest BCUT2D eigenvalue weighted by Crippen LogP contribution is 2.19. The Kier molecular flexibility index (Phi) is 6.94. The Labute approximate surface area is 147 Å². The number of carbonyl (C=O) groups is 1. The number of rotatable bonds is 8. The maximum atomic E-state index is 13.1. The summed E-state index contributed by atoms with van der Waals surface area (Å²) in [6.45, 7) is 7.61. The summed E-state index contributed by atoms with van der Waals surface area (Å²) in [4.78, 5) is 15.7. The van der Waals surface area contributed by atoms with Crippen LogP contribution in [0.15, 0.2) is 35.7 Å². The summed E-state index contributed by atoms with van der Waals surface area (Å²) in [5.41, 5.74) is 2.13. The molecule has 2 rings (SSSR count). The molecule has 1 unspecified atom stereocenters. The van der Waals surface area contributed by atoms with Gasteiger partial charge in [-0.05, 0) is 55.0 Å². The molecule has 1 N–H and O–H groups in total. The first-order chi connectivity index (χ1) is 11.5. The van der Waals surface area contributed by atoms with E-state index in [2.05, 4.69) is 32.2 Å². The van der Waals surface area contributed by atoms with Crippen LogP contribution in [0.25, 0.3) is 0 Å². The van der Waals surface area contributed by atoms with Gasteiger partial charge >= 0.3 is 0 Å². The fourth-order valence-corrected chi connectivity index (χ4v) is 3.22. The van der Waals surface area contributed by atoms with E-state index in [1.165, 1.54) is 22.6 Å². The number of benzene rings is 1. The van der Waals surface area contributed by atoms with E-state index in [0.717, 1.165) is 12.0 Å². The third-order valence-electron chi connectivity index (χ3n) is 4.16. The molecule has 0 bridgehead atoms. The standard InChI is InChI=1S/C19H25FN2OS/c1-4-15(3)21-11-19(23)22(13-18-14(2)9-10-24-18)12-16-5-7-17(20)8-6-16/h5-10,15,21H,4,11-13H2,1-3H3. The zero-order valence-electron chi connectivity index (χ0n) is 14.5. The Morgan fingerprint density at radius 3 is 2.54 bits per heavy atom. The van der Waals surface area contributed by atoms with Crippen molar-refractivity contribution in [2.75, 3.05) is 6.54 Å². The normalized spacial score (nSPS) is 12.2. The Bertz CT molecular complexity index is 654. The second-order valence-corrected chi connectivity index (χ2v) is 7.09. The summed E-state index contributed by atoms with van der Waals surface area (Å²) < 4.78 is 13.1. The molecule has 0 aliphatic carbocycles. The van der Waals surface area contributed by atoms with E-state index >= 15 is 0 Å². The van der Waals surface area contributed by atoms with Crippen molar-refractivity contribution in [3.05, 3.63) is 57.5 Å². The van der Waals surface area contributed by atoms with E-state index in [9.17, 15) is 9.18 Å². The molecule has 1 amide bonds. The van der Waals surface area contributed by atoms with Crippen molar-refractivity contribution < 1.29 is 9.18 Å². The van der Waals surface area contributed by atoms with Gasteiger partial charge in [0.25, 0.3) is 0 Å². The van der Waals surface area contributed by atoms with Gasteiger partial charge in [-0.25, -0.2) is 4.39 Å². The zero-order valence-corrected chi connectivity index (χ0v) is 15.3. The van der Waals surface area contributed by atoms with E-state index in [1.54, 1.807) is 23.5 Å². The molecule has 0 fully saturated rings. The number of halogens is 1. The Balaban J connectivity index is 2.09. The van der Waals surface area contributed by atoms with Crippen molar-refractivity contribution in [2.24, 2.45) is 0 Å². The average molecular weight is 348 g/mol. The molecule has 0 saturated carbocycles. The lowest BCUT2D eigenvalue weighted by molar-refractivity contribution is -0.131. The second-order valence-electron chi connectivity index (χ2n) is 6.09. The smallest absolute Gasteiger partial charge is 0.237 e. The van der Waals surface area contributed by atoms with Gasteiger partial charge in [0, 0.05) is 17.5 Å². The van der Waals surface area contributed by atoms with Crippen LogP contribution >= 0.6 is 11.3 Å². The molecular weight excluding hydrogens is 323 g/mol. The monoisotopic (exact) mass is 348 g/mol. The maximum Gasteiger partial charge on any atom is 0.237 e. The minimum atomic E-state index is -0.260. The first-order valence-corrected chi connectivity index (χ1v) is 9.16. The van der Waals surface area contributed by atoms with Crippen LogP contribution < -0.4 is 5.32 Å². The highest BCUT2D eigenvalue weighted by molar-refractivity contribution is 7.10. The number of carbonyl (C=O) groups excluding carboxylic acids is 1. The van der Waals surface area contributed by atoms with Crippen LogP contribution in [0.3, 0.4) is 0 Å². The number of hydrogen-bond donors (Lipinski definition) is 1. The van der Waals surface area contributed by atoms with E-state index in [-0.39, 0.29) is 11.7 Å². The third kappa shape index (κ3) is 5.42. The van der Waals surface area contributed by atoms with Gasteiger partial charge in [0.1, 0.15) is 5.82 Å². The Morgan fingerprint density at radius 1 is 1.25 bits per heavy atom. The minimum absolute atomic E-state index is 0.0624. The lowest BCUT2D eigenvalue weighted by atomic mass is 10.2. The predicted molar refractivity (Wildman–Crippen MR) is 97.5 cm³/mol. The molecule has 1 atom stereocenters. The van der Waals surface area contributed by atoms with Gasteiger partial charge in [-0.15, -0.1) is 11.3 Å².